The van der Waals surface area contributed by atoms with E-state index in [1.807, 2.05) is 0 Å². The fourth-order valence-electron chi connectivity index (χ4n) is 3.72. The van der Waals surface area contributed by atoms with Crippen LogP contribution in [0.5, 0.6) is 0 Å². The number of carboxylic acid groups (broad SMARTS) is 1. The van der Waals surface area contributed by atoms with Crippen molar-refractivity contribution in [3.63, 3.8) is 0 Å². The molecular formula is C23H18F3N5O8S2. The molecule has 216 valence electrons. The molecule has 13 nitrogen and oxygen atoms in total. The minimum absolute atomic E-state index is 0.0673. The Labute approximate surface area is 236 Å². The Morgan fingerprint density at radius 3 is 2.56 bits per heavy atom. The Morgan fingerprint density at radius 2 is 1.93 bits per heavy atom. The molecule has 2 aromatic rings. The maximum Gasteiger partial charge on any atom is 0.471 e. The molecule has 0 aliphatic carbocycles. The molecule has 1 fully saturated rings. The first-order valence-corrected chi connectivity index (χ1v) is 13.2. The van der Waals surface area contributed by atoms with E-state index in [0.717, 1.165) is 29.2 Å². The number of anilines is 1. The Bertz CT molecular complexity index is 1460. The number of β-lactam (4-membered cyclic amide) rings is 1. The Kier molecular flexibility index (Phi) is 8.62. The number of carbonyl (C=O) groups excluding carboxylic acids is 4. The lowest BCUT2D eigenvalue weighted by Gasteiger charge is -2.49. The van der Waals surface area contributed by atoms with Gasteiger partial charge in [0.25, 0.3) is 11.8 Å². The topological polar surface area (TPSA) is 177 Å². The average Bonchev–Trinajstić information content (AvgIpc) is 3.40. The van der Waals surface area contributed by atoms with Crippen molar-refractivity contribution in [3.8, 4) is 0 Å². The number of oxime groups is 1. The van der Waals surface area contributed by atoms with Gasteiger partial charge < -0.3 is 20.0 Å². The number of hydrogen-bond acceptors (Lipinski definition) is 11. The van der Waals surface area contributed by atoms with Gasteiger partial charge >= 0.3 is 24.0 Å². The number of esters is 1. The van der Waals surface area contributed by atoms with Gasteiger partial charge in [0.1, 0.15) is 36.5 Å². The summed E-state index contributed by atoms with van der Waals surface area (Å²) in [4.78, 5) is 70.7. The number of nitrogens with one attached hydrogen (secondary N) is 2. The van der Waals surface area contributed by atoms with E-state index in [9.17, 15) is 42.3 Å². The fourth-order valence-corrected chi connectivity index (χ4v) is 5.74. The summed E-state index contributed by atoms with van der Waals surface area (Å²) in [6.45, 7) is -0.377. The van der Waals surface area contributed by atoms with E-state index in [1.165, 1.54) is 12.1 Å². The number of aromatic nitrogens is 1. The second-order valence-electron chi connectivity index (χ2n) is 8.17. The van der Waals surface area contributed by atoms with E-state index in [-0.39, 0.29) is 34.9 Å². The fraction of sp³-hybridized carbons (Fsp3) is 0.261. The molecule has 41 heavy (non-hydrogen) atoms. The molecule has 0 bridgehead atoms. The van der Waals surface area contributed by atoms with Gasteiger partial charge in [0.05, 0.1) is 5.56 Å². The minimum atomic E-state index is -5.16. The zero-order chi connectivity index (χ0) is 29.9. The molecule has 18 heteroatoms. The van der Waals surface area contributed by atoms with E-state index >= 15 is 0 Å². The first-order chi connectivity index (χ1) is 19.4. The van der Waals surface area contributed by atoms with Gasteiger partial charge in [-0.3, -0.25) is 24.6 Å². The lowest BCUT2D eigenvalue weighted by Crippen LogP contribution is -2.71. The van der Waals surface area contributed by atoms with Crippen molar-refractivity contribution in [2.24, 2.45) is 5.16 Å². The van der Waals surface area contributed by atoms with Crippen molar-refractivity contribution in [2.75, 3.05) is 24.8 Å². The van der Waals surface area contributed by atoms with Crippen LogP contribution in [0.4, 0.5) is 18.3 Å². The maximum absolute atomic E-state index is 12.9. The molecule has 0 saturated carbocycles. The van der Waals surface area contributed by atoms with Crippen LogP contribution in [0.25, 0.3) is 0 Å². The Morgan fingerprint density at radius 1 is 1.22 bits per heavy atom. The summed E-state index contributed by atoms with van der Waals surface area (Å²) >= 11 is 1.70. The predicted molar refractivity (Wildman–Crippen MR) is 137 cm³/mol. The second-order valence-corrected chi connectivity index (χ2v) is 10.1. The zero-order valence-corrected chi connectivity index (χ0v) is 22.3. The van der Waals surface area contributed by atoms with Crippen LogP contribution in [0, 0.1) is 0 Å². The average molecular weight is 614 g/mol. The number of carbonyl (C=O) groups is 5. The minimum Gasteiger partial charge on any atom is -0.477 e. The highest BCUT2D eigenvalue weighted by Gasteiger charge is 2.54. The molecule has 1 aromatic carbocycles. The highest BCUT2D eigenvalue weighted by molar-refractivity contribution is 8.00. The summed E-state index contributed by atoms with van der Waals surface area (Å²) < 4.78 is 42.8. The number of carboxylic acids is 1. The van der Waals surface area contributed by atoms with Crippen molar-refractivity contribution >= 4 is 63.6 Å². The third-order valence-electron chi connectivity index (χ3n) is 5.55. The number of amides is 3. The molecule has 1 aromatic heterocycles. The highest BCUT2D eigenvalue weighted by Crippen LogP contribution is 2.40. The number of ether oxygens (including phenoxy) is 1. The molecule has 1 unspecified atom stereocenters. The molecule has 3 amide bonds. The van der Waals surface area contributed by atoms with Crippen LogP contribution in [0.2, 0.25) is 0 Å². The first-order valence-electron chi connectivity index (χ1n) is 11.3. The van der Waals surface area contributed by atoms with E-state index < -0.39 is 58.1 Å². The quantitative estimate of drug-likeness (QED) is 0.163. The van der Waals surface area contributed by atoms with Crippen LogP contribution in [0.3, 0.4) is 0 Å². The van der Waals surface area contributed by atoms with E-state index in [4.69, 9.17) is 4.74 Å². The molecule has 2 aliphatic heterocycles. The summed E-state index contributed by atoms with van der Waals surface area (Å²) in [5.41, 5.74) is -0.692. The number of alkyl halides is 3. The van der Waals surface area contributed by atoms with E-state index in [2.05, 4.69) is 20.3 Å². The van der Waals surface area contributed by atoms with Gasteiger partial charge in [0.2, 0.25) is 0 Å². The number of thioether (sulfide) groups is 1. The lowest BCUT2D eigenvalue weighted by molar-refractivity contribution is -0.167. The SMILES string of the molecule is CON=C(C(=O)NC1C(=O)N2C(C(=O)O)=C(COC(=O)c3ccccc3)CS[C@@H]12)c1csc(NC(=O)C(F)(F)F)n1. The molecular weight excluding hydrogens is 595 g/mol. The lowest BCUT2D eigenvalue weighted by atomic mass is 10.0. The van der Waals surface area contributed by atoms with Crippen molar-refractivity contribution in [2.45, 2.75) is 17.6 Å². The van der Waals surface area contributed by atoms with Gasteiger partial charge in [-0.1, -0.05) is 23.4 Å². The van der Waals surface area contributed by atoms with E-state index in [1.54, 1.807) is 23.5 Å². The monoisotopic (exact) mass is 613 g/mol. The highest BCUT2D eigenvalue weighted by atomic mass is 32.2. The first kappa shape index (κ1) is 29.5. The second kappa shape index (κ2) is 12.0. The molecule has 3 N–H and O–H groups in total. The van der Waals surface area contributed by atoms with Crippen molar-refractivity contribution in [1.29, 1.82) is 0 Å². The summed E-state index contributed by atoms with van der Waals surface area (Å²) in [6.07, 6.45) is -5.16. The number of aliphatic carboxylic acids is 1. The van der Waals surface area contributed by atoms with Crippen LogP contribution >= 0.6 is 23.1 Å². The maximum atomic E-state index is 12.9. The van der Waals surface area contributed by atoms with E-state index in [0.29, 0.717) is 11.3 Å². The Hall–Kier alpha value is -4.45. The summed E-state index contributed by atoms with van der Waals surface area (Å²) in [7, 11) is 1.09. The largest absolute Gasteiger partial charge is 0.477 e. The van der Waals surface area contributed by atoms with Crippen molar-refractivity contribution < 1.29 is 51.8 Å². The molecule has 2 aliphatic rings. The van der Waals surface area contributed by atoms with Gasteiger partial charge in [-0.25, -0.2) is 14.6 Å². The third-order valence-corrected chi connectivity index (χ3v) is 7.64. The molecule has 4 rings (SSSR count). The van der Waals surface area contributed by atoms with Gasteiger partial charge in [-0.15, -0.1) is 23.1 Å². The van der Waals surface area contributed by atoms with Crippen LogP contribution < -0.4 is 10.6 Å². The number of thiazole rings is 1. The zero-order valence-electron chi connectivity index (χ0n) is 20.6. The molecule has 0 spiro atoms. The van der Waals surface area contributed by atoms with Crippen molar-refractivity contribution in [3.05, 3.63) is 58.2 Å². The molecule has 3 heterocycles. The van der Waals surface area contributed by atoms with Gasteiger partial charge in [-0.05, 0) is 12.1 Å². The van der Waals surface area contributed by atoms with Crippen LogP contribution in [0.1, 0.15) is 16.1 Å². The molecule has 0 radical (unpaired) electrons. The van der Waals surface area contributed by atoms with Crippen molar-refractivity contribution in [1.82, 2.24) is 15.2 Å². The van der Waals surface area contributed by atoms with Gasteiger partial charge in [-0.2, -0.15) is 13.2 Å². The number of rotatable bonds is 9. The standard InChI is InChI=1S/C23H18F3N5O8S2/c1-38-30-13(12-9-41-22(27-12)29-21(37)23(24,25)26)16(32)28-14-17(33)31-15(19(34)35)11(8-40-18(14)31)7-39-20(36)10-5-3-2-4-6-10/h2-6,9,14,18H,7-8H2,1H3,(H,28,32)(H,34,35)(H,27,29,37)/t14?,18-/m0/s1. The smallest absolute Gasteiger partial charge is 0.471 e. The molecule has 2 atom stereocenters. The number of hydrogen-bond donors (Lipinski definition) is 3. The van der Waals surface area contributed by atoms with Crippen LogP contribution in [-0.2, 0) is 28.8 Å². The summed E-state index contributed by atoms with van der Waals surface area (Å²) in [5.74, 6) is -6.07. The predicted octanol–water partition coefficient (Wildman–Crippen LogP) is 1.59. The Balaban J connectivity index is 1.45. The number of fused-ring (bicyclic) bond motifs is 1. The normalized spacial score (nSPS) is 18.7. The number of nitrogens with zero attached hydrogens (tertiary/aromatic N) is 3. The third kappa shape index (κ3) is 6.32. The van der Waals surface area contributed by atoms with Crippen LogP contribution in [-0.4, -0.2) is 87.4 Å². The van der Waals surface area contributed by atoms with Gasteiger partial charge in [0.15, 0.2) is 10.8 Å². The summed E-state index contributed by atoms with van der Waals surface area (Å²) in [5, 5.41) is 17.1. The van der Waals surface area contributed by atoms with Gasteiger partial charge in [0, 0.05) is 16.7 Å². The number of benzene rings is 1. The molecule has 1 saturated heterocycles. The number of halogens is 3. The van der Waals surface area contributed by atoms with Crippen LogP contribution in [0.15, 0.2) is 52.1 Å². The summed E-state index contributed by atoms with van der Waals surface area (Å²) in [6, 6.07) is 6.84.